The van der Waals surface area contributed by atoms with Gasteiger partial charge in [0.2, 0.25) is 5.91 Å². The molecule has 1 rings (SSSR count). The molecule has 1 unspecified atom stereocenters. The number of amides is 1. The number of aliphatic hydroxyl groups excluding tert-OH is 1. The number of hydrogen-bond acceptors (Lipinski definition) is 4. The Morgan fingerprint density at radius 1 is 1.53 bits per heavy atom. The Morgan fingerprint density at radius 3 is 2.88 bits per heavy atom. The average molecular weight is 240 g/mol. The Morgan fingerprint density at radius 2 is 2.29 bits per heavy atom. The first kappa shape index (κ1) is 13.6. The summed E-state index contributed by atoms with van der Waals surface area (Å²) in [7, 11) is 0. The van der Waals surface area contributed by atoms with Crippen LogP contribution in [0.25, 0.3) is 0 Å². The summed E-state index contributed by atoms with van der Waals surface area (Å²) >= 11 is 0. The maximum absolute atomic E-state index is 11.4. The maximum atomic E-state index is 11.4. The van der Waals surface area contributed by atoms with Gasteiger partial charge in [-0.1, -0.05) is 13.8 Å². The fourth-order valence-corrected chi connectivity index (χ4v) is 1.29. The Hall–Kier alpha value is -1.43. The molecular weight excluding hydrogens is 220 g/mol. The van der Waals surface area contributed by atoms with E-state index < -0.39 is 6.10 Å². The summed E-state index contributed by atoms with van der Waals surface area (Å²) in [5.74, 6) is 0.121. The van der Waals surface area contributed by atoms with E-state index in [1.807, 2.05) is 13.8 Å². The standard InChI is InChI=1S/C11H20N4O2/c1-9(2)10(16)6-13-11(17)4-3-5-15-8-12-7-14-15/h7-10,16H,3-6H2,1-2H3,(H,13,17). The van der Waals surface area contributed by atoms with Gasteiger partial charge in [-0.05, 0) is 12.3 Å². The monoisotopic (exact) mass is 240 g/mol. The average Bonchev–Trinajstić information content (AvgIpc) is 2.78. The highest BCUT2D eigenvalue weighted by Gasteiger charge is 2.10. The third kappa shape index (κ3) is 5.44. The minimum Gasteiger partial charge on any atom is -0.391 e. The second-order valence-corrected chi connectivity index (χ2v) is 4.38. The van der Waals surface area contributed by atoms with Crippen molar-refractivity contribution in [3.8, 4) is 0 Å². The van der Waals surface area contributed by atoms with Crippen molar-refractivity contribution in [3.05, 3.63) is 12.7 Å². The van der Waals surface area contributed by atoms with Gasteiger partial charge in [-0.25, -0.2) is 4.98 Å². The predicted octanol–water partition coefficient (Wildman–Crippen LogP) is 0.191. The molecule has 1 aromatic rings. The molecule has 0 aliphatic carbocycles. The lowest BCUT2D eigenvalue weighted by atomic mass is 10.1. The Bertz CT molecular complexity index is 324. The van der Waals surface area contributed by atoms with Crippen LogP contribution >= 0.6 is 0 Å². The van der Waals surface area contributed by atoms with Crippen molar-refractivity contribution >= 4 is 5.91 Å². The van der Waals surface area contributed by atoms with Crippen LogP contribution in [0, 0.1) is 5.92 Å². The highest BCUT2D eigenvalue weighted by atomic mass is 16.3. The van der Waals surface area contributed by atoms with Crippen molar-refractivity contribution in [3.63, 3.8) is 0 Å². The zero-order valence-corrected chi connectivity index (χ0v) is 10.3. The van der Waals surface area contributed by atoms with E-state index >= 15 is 0 Å². The number of carbonyl (C=O) groups is 1. The van der Waals surface area contributed by atoms with E-state index in [1.54, 1.807) is 11.0 Å². The number of aliphatic hydroxyl groups is 1. The molecule has 0 saturated heterocycles. The van der Waals surface area contributed by atoms with Gasteiger partial charge in [-0.3, -0.25) is 9.48 Å². The summed E-state index contributed by atoms with van der Waals surface area (Å²) in [5, 5.41) is 16.2. The molecule has 2 N–H and O–H groups in total. The number of carbonyl (C=O) groups excluding carboxylic acids is 1. The molecule has 0 aliphatic heterocycles. The van der Waals surface area contributed by atoms with E-state index in [2.05, 4.69) is 15.4 Å². The summed E-state index contributed by atoms with van der Waals surface area (Å²) in [6.07, 6.45) is 3.77. The van der Waals surface area contributed by atoms with Crippen LogP contribution in [0.1, 0.15) is 26.7 Å². The van der Waals surface area contributed by atoms with Crippen LogP contribution in [0.15, 0.2) is 12.7 Å². The minimum absolute atomic E-state index is 0.0372. The number of rotatable bonds is 7. The molecule has 0 bridgehead atoms. The van der Waals surface area contributed by atoms with E-state index in [1.165, 1.54) is 6.33 Å². The largest absolute Gasteiger partial charge is 0.391 e. The normalized spacial score (nSPS) is 12.7. The van der Waals surface area contributed by atoms with E-state index in [4.69, 9.17) is 0 Å². The SMILES string of the molecule is CC(C)C(O)CNC(=O)CCCn1cncn1. The van der Waals surface area contributed by atoms with Crippen LogP contribution in [0.2, 0.25) is 0 Å². The van der Waals surface area contributed by atoms with Gasteiger partial charge in [0.15, 0.2) is 0 Å². The van der Waals surface area contributed by atoms with Gasteiger partial charge in [0.05, 0.1) is 6.10 Å². The molecular formula is C11H20N4O2. The van der Waals surface area contributed by atoms with Gasteiger partial charge < -0.3 is 10.4 Å². The van der Waals surface area contributed by atoms with Crippen LogP contribution < -0.4 is 5.32 Å². The van der Waals surface area contributed by atoms with Gasteiger partial charge in [0.1, 0.15) is 12.7 Å². The Labute approximate surface area is 101 Å². The summed E-state index contributed by atoms with van der Waals surface area (Å²) in [6.45, 7) is 4.84. The molecule has 0 spiro atoms. The van der Waals surface area contributed by atoms with Crippen molar-refractivity contribution in [2.24, 2.45) is 5.92 Å². The number of nitrogens with zero attached hydrogens (tertiary/aromatic N) is 3. The molecule has 6 heteroatoms. The molecule has 96 valence electrons. The Balaban J connectivity index is 2.09. The first-order chi connectivity index (χ1) is 8.09. The van der Waals surface area contributed by atoms with Crippen LogP contribution in [0.4, 0.5) is 0 Å². The number of aryl methyl sites for hydroxylation is 1. The highest BCUT2D eigenvalue weighted by molar-refractivity contribution is 5.75. The molecule has 0 saturated carbocycles. The molecule has 0 radical (unpaired) electrons. The van der Waals surface area contributed by atoms with Gasteiger partial charge >= 0.3 is 0 Å². The van der Waals surface area contributed by atoms with Crippen molar-refractivity contribution in [2.75, 3.05) is 6.54 Å². The van der Waals surface area contributed by atoms with Gasteiger partial charge in [0, 0.05) is 19.5 Å². The van der Waals surface area contributed by atoms with Gasteiger partial charge in [-0.15, -0.1) is 0 Å². The highest BCUT2D eigenvalue weighted by Crippen LogP contribution is 1.99. The first-order valence-electron chi connectivity index (χ1n) is 5.86. The smallest absolute Gasteiger partial charge is 0.220 e. The summed E-state index contributed by atoms with van der Waals surface area (Å²) in [4.78, 5) is 15.2. The third-order valence-corrected chi connectivity index (χ3v) is 2.54. The van der Waals surface area contributed by atoms with Crippen LogP contribution in [0.3, 0.4) is 0 Å². The van der Waals surface area contributed by atoms with Crippen molar-refractivity contribution < 1.29 is 9.90 Å². The van der Waals surface area contributed by atoms with E-state index in [0.717, 1.165) is 0 Å². The minimum atomic E-state index is -0.478. The van der Waals surface area contributed by atoms with E-state index in [9.17, 15) is 9.90 Å². The van der Waals surface area contributed by atoms with Crippen molar-refractivity contribution in [1.29, 1.82) is 0 Å². The van der Waals surface area contributed by atoms with Crippen molar-refractivity contribution in [1.82, 2.24) is 20.1 Å². The lowest BCUT2D eigenvalue weighted by molar-refractivity contribution is -0.121. The molecule has 0 aromatic carbocycles. The van der Waals surface area contributed by atoms with Crippen molar-refractivity contribution in [2.45, 2.75) is 39.3 Å². The zero-order chi connectivity index (χ0) is 12.7. The van der Waals surface area contributed by atoms with Crippen LogP contribution in [-0.4, -0.2) is 38.4 Å². The molecule has 17 heavy (non-hydrogen) atoms. The third-order valence-electron chi connectivity index (χ3n) is 2.54. The lowest BCUT2D eigenvalue weighted by Gasteiger charge is -2.14. The first-order valence-corrected chi connectivity index (χ1v) is 5.86. The predicted molar refractivity (Wildman–Crippen MR) is 63.1 cm³/mol. The quantitative estimate of drug-likeness (QED) is 0.713. The van der Waals surface area contributed by atoms with E-state index in [-0.39, 0.29) is 11.8 Å². The molecule has 0 fully saturated rings. The molecule has 1 atom stereocenters. The van der Waals surface area contributed by atoms with Crippen LogP contribution in [0.5, 0.6) is 0 Å². The zero-order valence-electron chi connectivity index (χ0n) is 10.3. The maximum Gasteiger partial charge on any atom is 0.220 e. The van der Waals surface area contributed by atoms with Gasteiger partial charge in [0.25, 0.3) is 0 Å². The molecule has 1 heterocycles. The Kier molecular flexibility index (Phi) is 5.62. The lowest BCUT2D eigenvalue weighted by Crippen LogP contribution is -2.34. The second-order valence-electron chi connectivity index (χ2n) is 4.38. The number of aromatic nitrogens is 3. The fraction of sp³-hybridized carbons (Fsp3) is 0.727. The summed E-state index contributed by atoms with van der Waals surface area (Å²) in [5.41, 5.74) is 0. The summed E-state index contributed by atoms with van der Waals surface area (Å²) < 4.78 is 1.69. The number of nitrogens with one attached hydrogen (secondary N) is 1. The topological polar surface area (TPSA) is 80.0 Å². The molecule has 1 aromatic heterocycles. The van der Waals surface area contributed by atoms with Gasteiger partial charge in [-0.2, -0.15) is 5.10 Å². The summed E-state index contributed by atoms with van der Waals surface area (Å²) in [6, 6.07) is 0. The molecule has 0 aliphatic rings. The fourth-order valence-electron chi connectivity index (χ4n) is 1.29. The molecule has 1 amide bonds. The number of hydrogen-bond donors (Lipinski definition) is 2. The second kappa shape index (κ2) is 7.01. The van der Waals surface area contributed by atoms with Crippen LogP contribution in [-0.2, 0) is 11.3 Å². The molecule has 6 nitrogen and oxygen atoms in total. The van der Waals surface area contributed by atoms with E-state index in [0.29, 0.717) is 25.9 Å².